The van der Waals surface area contributed by atoms with Crippen LogP contribution in [0.2, 0.25) is 5.02 Å². The molecule has 0 unspecified atom stereocenters. The molecule has 0 spiro atoms. The molecule has 0 radical (unpaired) electrons. The van der Waals surface area contributed by atoms with E-state index in [1.807, 2.05) is 31.2 Å². The summed E-state index contributed by atoms with van der Waals surface area (Å²) in [6.45, 7) is 2.00. The van der Waals surface area contributed by atoms with Crippen LogP contribution in [0.4, 0.5) is 0 Å². The summed E-state index contributed by atoms with van der Waals surface area (Å²) in [5.41, 5.74) is 1.18. The molecule has 17 heavy (non-hydrogen) atoms. The van der Waals surface area contributed by atoms with Crippen LogP contribution in [0.5, 0.6) is 0 Å². The molecule has 0 aliphatic rings. The topological polar surface area (TPSA) is 56.7 Å². The van der Waals surface area contributed by atoms with Gasteiger partial charge in [0.2, 0.25) is 5.16 Å². The first-order chi connectivity index (χ1) is 8.20. The van der Waals surface area contributed by atoms with Crippen LogP contribution in [0.25, 0.3) is 0 Å². The van der Waals surface area contributed by atoms with Gasteiger partial charge in [0.1, 0.15) is 0 Å². The number of hydrogen-bond acceptors (Lipinski definition) is 4. The number of halogens is 1. The zero-order valence-electron chi connectivity index (χ0n) is 9.43. The van der Waals surface area contributed by atoms with Crippen LogP contribution in [0.3, 0.4) is 0 Å². The van der Waals surface area contributed by atoms with Gasteiger partial charge in [-0.05, 0) is 17.7 Å². The summed E-state index contributed by atoms with van der Waals surface area (Å²) in [7, 11) is 0. The molecule has 0 saturated carbocycles. The lowest BCUT2D eigenvalue weighted by molar-refractivity contribution is 0.796. The Morgan fingerprint density at radius 2 is 2.00 bits per heavy atom. The first kappa shape index (κ1) is 12.3. The van der Waals surface area contributed by atoms with E-state index < -0.39 is 0 Å². The van der Waals surface area contributed by atoms with E-state index in [-0.39, 0.29) is 0 Å². The molecule has 0 atom stereocenters. The Hall–Kier alpha value is -1.20. The molecule has 90 valence electrons. The van der Waals surface area contributed by atoms with E-state index in [1.165, 1.54) is 5.56 Å². The van der Waals surface area contributed by atoms with Gasteiger partial charge in [-0.1, -0.05) is 42.4 Å². The van der Waals surface area contributed by atoms with Crippen LogP contribution in [-0.4, -0.2) is 14.9 Å². The Morgan fingerprint density at radius 1 is 1.29 bits per heavy atom. The monoisotopic (exact) mass is 268 g/mol. The number of nitrogens with two attached hydrogens (primary N) is 1. The number of nitrogens with zero attached hydrogens (tertiary/aromatic N) is 3. The maximum absolute atomic E-state index is 5.85. The van der Waals surface area contributed by atoms with Crippen LogP contribution in [-0.2, 0) is 12.2 Å². The van der Waals surface area contributed by atoms with E-state index in [1.54, 1.807) is 16.4 Å². The zero-order valence-corrected chi connectivity index (χ0v) is 11.0. The average Bonchev–Trinajstić information content (AvgIpc) is 2.69. The second kappa shape index (κ2) is 5.42. The van der Waals surface area contributed by atoms with Gasteiger partial charge in [0, 0.05) is 17.2 Å². The number of hydrogen-bond donors (Lipinski definition) is 1. The van der Waals surface area contributed by atoms with E-state index in [0.717, 1.165) is 28.2 Å². The summed E-state index contributed by atoms with van der Waals surface area (Å²) in [6.07, 6.45) is 0.783. The lowest BCUT2D eigenvalue weighted by Gasteiger charge is -2.02. The van der Waals surface area contributed by atoms with Crippen molar-refractivity contribution in [2.24, 2.45) is 0 Å². The lowest BCUT2D eigenvalue weighted by atomic mass is 10.2. The fraction of sp³-hybridized carbons (Fsp3) is 0.273. The molecular weight excluding hydrogens is 256 g/mol. The smallest absolute Gasteiger partial charge is 0.210 e. The van der Waals surface area contributed by atoms with Gasteiger partial charge in [-0.15, -0.1) is 10.2 Å². The van der Waals surface area contributed by atoms with Crippen molar-refractivity contribution in [2.75, 3.05) is 5.84 Å². The van der Waals surface area contributed by atoms with Gasteiger partial charge in [0.15, 0.2) is 5.82 Å². The summed E-state index contributed by atoms with van der Waals surface area (Å²) in [5, 5.41) is 9.53. The Labute approximate surface area is 109 Å². The minimum atomic E-state index is 0.733. The minimum absolute atomic E-state index is 0.733. The molecule has 1 heterocycles. The van der Waals surface area contributed by atoms with E-state index in [2.05, 4.69) is 10.2 Å². The Bertz CT molecular complexity index is 495. The molecule has 0 bridgehead atoms. The van der Waals surface area contributed by atoms with Crippen LogP contribution in [0, 0.1) is 0 Å². The molecule has 0 aliphatic carbocycles. The number of benzene rings is 1. The standard InChI is InChI=1S/C11H13ClN4S/c1-2-10-14-15-11(16(10)13)17-7-8-3-5-9(12)6-4-8/h3-6H,2,7,13H2,1H3. The number of aromatic nitrogens is 3. The molecule has 1 aromatic carbocycles. The van der Waals surface area contributed by atoms with Gasteiger partial charge in [0.05, 0.1) is 0 Å². The number of aryl methyl sites for hydroxylation is 1. The number of thioether (sulfide) groups is 1. The molecular formula is C11H13ClN4S. The first-order valence-corrected chi connectivity index (χ1v) is 6.63. The molecule has 0 amide bonds. The molecule has 0 aliphatic heterocycles. The summed E-state index contributed by atoms with van der Waals surface area (Å²) in [5.74, 6) is 7.45. The number of rotatable bonds is 4. The summed E-state index contributed by atoms with van der Waals surface area (Å²) < 4.78 is 1.54. The van der Waals surface area contributed by atoms with Crippen LogP contribution in [0.1, 0.15) is 18.3 Å². The van der Waals surface area contributed by atoms with Crippen molar-refractivity contribution in [2.45, 2.75) is 24.3 Å². The highest BCUT2D eigenvalue weighted by Crippen LogP contribution is 2.21. The highest BCUT2D eigenvalue weighted by Gasteiger charge is 2.08. The predicted molar refractivity (Wildman–Crippen MR) is 70.6 cm³/mol. The van der Waals surface area contributed by atoms with Crippen LogP contribution in [0.15, 0.2) is 29.4 Å². The molecule has 6 heteroatoms. The van der Waals surface area contributed by atoms with Crippen molar-refractivity contribution in [1.29, 1.82) is 0 Å². The van der Waals surface area contributed by atoms with Crippen LogP contribution >= 0.6 is 23.4 Å². The van der Waals surface area contributed by atoms with Crippen molar-refractivity contribution >= 4 is 23.4 Å². The van der Waals surface area contributed by atoms with E-state index in [0.29, 0.717) is 0 Å². The highest BCUT2D eigenvalue weighted by molar-refractivity contribution is 7.98. The molecule has 2 N–H and O–H groups in total. The summed E-state index contributed by atoms with van der Waals surface area (Å²) >= 11 is 7.39. The fourth-order valence-electron chi connectivity index (χ4n) is 1.38. The van der Waals surface area contributed by atoms with Gasteiger partial charge in [-0.2, -0.15) is 0 Å². The fourth-order valence-corrected chi connectivity index (χ4v) is 2.33. The zero-order chi connectivity index (χ0) is 12.3. The summed E-state index contributed by atoms with van der Waals surface area (Å²) in [6, 6.07) is 7.74. The van der Waals surface area contributed by atoms with Gasteiger partial charge in [-0.3, -0.25) is 0 Å². The van der Waals surface area contributed by atoms with Crippen molar-refractivity contribution in [3.05, 3.63) is 40.7 Å². The Balaban J connectivity index is 2.02. The Kier molecular flexibility index (Phi) is 3.91. The third-order valence-corrected chi connectivity index (χ3v) is 3.60. The number of nitrogen functional groups attached to an aromatic ring is 1. The molecule has 1 aromatic heterocycles. The Morgan fingerprint density at radius 3 is 2.59 bits per heavy atom. The SMILES string of the molecule is CCc1nnc(SCc2ccc(Cl)cc2)n1N. The summed E-state index contributed by atoms with van der Waals surface area (Å²) in [4.78, 5) is 0. The van der Waals surface area contributed by atoms with Gasteiger partial charge >= 0.3 is 0 Å². The minimum Gasteiger partial charge on any atom is -0.336 e. The maximum atomic E-state index is 5.85. The van der Waals surface area contributed by atoms with Crippen molar-refractivity contribution < 1.29 is 0 Å². The van der Waals surface area contributed by atoms with Crippen LogP contribution < -0.4 is 5.84 Å². The third kappa shape index (κ3) is 2.92. The second-order valence-corrected chi connectivity index (χ2v) is 4.92. The quantitative estimate of drug-likeness (QED) is 0.684. The average molecular weight is 269 g/mol. The van der Waals surface area contributed by atoms with E-state index in [9.17, 15) is 0 Å². The van der Waals surface area contributed by atoms with Gasteiger partial charge < -0.3 is 5.84 Å². The molecule has 0 fully saturated rings. The largest absolute Gasteiger partial charge is 0.336 e. The normalized spacial score (nSPS) is 10.7. The second-order valence-electron chi connectivity index (χ2n) is 3.54. The molecule has 4 nitrogen and oxygen atoms in total. The van der Waals surface area contributed by atoms with E-state index >= 15 is 0 Å². The highest BCUT2D eigenvalue weighted by atomic mass is 35.5. The predicted octanol–water partition coefficient (Wildman–Crippen LogP) is 2.50. The lowest BCUT2D eigenvalue weighted by Crippen LogP contribution is -2.13. The molecule has 2 aromatic rings. The first-order valence-electron chi connectivity index (χ1n) is 5.27. The van der Waals surface area contributed by atoms with Crippen molar-refractivity contribution in [1.82, 2.24) is 14.9 Å². The van der Waals surface area contributed by atoms with Gasteiger partial charge in [0.25, 0.3) is 0 Å². The third-order valence-electron chi connectivity index (χ3n) is 2.33. The molecule has 2 rings (SSSR count). The van der Waals surface area contributed by atoms with Gasteiger partial charge in [-0.25, -0.2) is 4.68 Å². The van der Waals surface area contributed by atoms with Crippen molar-refractivity contribution in [3.8, 4) is 0 Å². The molecule has 0 saturated heterocycles. The maximum Gasteiger partial charge on any atom is 0.210 e. The van der Waals surface area contributed by atoms with Crippen molar-refractivity contribution in [3.63, 3.8) is 0 Å². The van der Waals surface area contributed by atoms with E-state index in [4.69, 9.17) is 17.4 Å².